The van der Waals surface area contributed by atoms with E-state index in [0.29, 0.717) is 10.9 Å². The van der Waals surface area contributed by atoms with Crippen molar-refractivity contribution >= 4 is 29.2 Å². The van der Waals surface area contributed by atoms with Crippen LogP contribution in [0.15, 0.2) is 0 Å². The molecular formula is C6H13NOS2. The summed E-state index contributed by atoms with van der Waals surface area (Å²) in [7, 11) is 0. The van der Waals surface area contributed by atoms with Gasteiger partial charge in [0.25, 0.3) is 0 Å². The summed E-state index contributed by atoms with van der Waals surface area (Å²) in [5, 5.41) is 8.58. The molecule has 2 nitrogen and oxygen atoms in total. The largest absolute Gasteiger partial charge is 0.395 e. The van der Waals surface area contributed by atoms with Crippen LogP contribution < -0.4 is 0 Å². The number of hydrogen-bond donors (Lipinski definition) is 2. The van der Waals surface area contributed by atoms with E-state index in [4.69, 9.17) is 17.3 Å². The van der Waals surface area contributed by atoms with Crippen LogP contribution in [0.25, 0.3) is 0 Å². The fourth-order valence-electron chi connectivity index (χ4n) is 0.694. The fourth-order valence-corrected chi connectivity index (χ4v) is 1.08. The van der Waals surface area contributed by atoms with Crippen molar-refractivity contribution in [2.75, 3.05) is 19.7 Å². The molecule has 0 amide bonds. The van der Waals surface area contributed by atoms with Crippen LogP contribution in [0, 0.1) is 0 Å². The average molecular weight is 179 g/mol. The Hall–Kier alpha value is 0.200. The minimum absolute atomic E-state index is 0.140. The minimum Gasteiger partial charge on any atom is -0.395 e. The Balaban J connectivity index is 3.61. The molecule has 0 saturated heterocycles. The molecule has 0 aromatic rings. The molecule has 0 heterocycles. The standard InChI is InChI=1S/C6H13NOS2/c1-2-3-7(4-5-8)6(9)10/h8H,2-5H2,1H3,(H,9,10). The van der Waals surface area contributed by atoms with Gasteiger partial charge in [-0.25, -0.2) is 0 Å². The third kappa shape index (κ3) is 4.09. The molecule has 0 aliphatic rings. The predicted octanol–water partition coefficient (Wildman–Crippen LogP) is 0.905. The van der Waals surface area contributed by atoms with E-state index in [1.165, 1.54) is 0 Å². The number of nitrogens with zero attached hydrogens (tertiary/aromatic N) is 1. The summed E-state index contributed by atoms with van der Waals surface area (Å²) < 4.78 is 0.566. The highest BCUT2D eigenvalue weighted by molar-refractivity contribution is 8.10. The fraction of sp³-hybridized carbons (Fsp3) is 0.833. The van der Waals surface area contributed by atoms with Crippen molar-refractivity contribution in [1.82, 2.24) is 4.90 Å². The van der Waals surface area contributed by atoms with Crippen molar-refractivity contribution in [2.45, 2.75) is 13.3 Å². The second-order valence-electron chi connectivity index (χ2n) is 1.99. The van der Waals surface area contributed by atoms with Gasteiger partial charge in [-0.2, -0.15) is 0 Å². The third-order valence-electron chi connectivity index (χ3n) is 1.13. The Morgan fingerprint density at radius 2 is 2.20 bits per heavy atom. The second-order valence-corrected chi connectivity index (χ2v) is 3.11. The maximum absolute atomic E-state index is 8.58. The Kier molecular flexibility index (Phi) is 6.06. The molecule has 0 bridgehead atoms. The van der Waals surface area contributed by atoms with Crippen LogP contribution in [0.1, 0.15) is 13.3 Å². The smallest absolute Gasteiger partial charge is 0.133 e. The Labute approximate surface area is 72.6 Å². The zero-order chi connectivity index (χ0) is 7.98. The summed E-state index contributed by atoms with van der Waals surface area (Å²) >= 11 is 8.83. The van der Waals surface area contributed by atoms with E-state index in [1.807, 2.05) is 4.90 Å². The lowest BCUT2D eigenvalue weighted by molar-refractivity contribution is 0.253. The van der Waals surface area contributed by atoms with Crippen LogP contribution in [-0.4, -0.2) is 34.0 Å². The quantitative estimate of drug-likeness (QED) is 0.495. The molecule has 0 radical (unpaired) electrons. The number of thiol groups is 1. The van der Waals surface area contributed by atoms with Crippen molar-refractivity contribution in [3.05, 3.63) is 0 Å². The van der Waals surface area contributed by atoms with Gasteiger partial charge < -0.3 is 10.0 Å². The molecule has 0 aromatic heterocycles. The first-order chi connectivity index (χ1) is 4.72. The molecule has 4 heteroatoms. The van der Waals surface area contributed by atoms with Gasteiger partial charge in [-0.05, 0) is 6.42 Å². The van der Waals surface area contributed by atoms with Crippen molar-refractivity contribution < 1.29 is 5.11 Å². The molecule has 0 spiro atoms. The van der Waals surface area contributed by atoms with Gasteiger partial charge in [0.2, 0.25) is 0 Å². The third-order valence-corrected chi connectivity index (χ3v) is 1.68. The summed E-state index contributed by atoms with van der Waals surface area (Å²) in [5.74, 6) is 0. The van der Waals surface area contributed by atoms with Crippen LogP contribution >= 0.6 is 24.8 Å². The molecule has 0 aromatic carbocycles. The normalized spacial score (nSPS) is 9.50. The van der Waals surface area contributed by atoms with Gasteiger partial charge in [0.05, 0.1) is 6.61 Å². The number of aliphatic hydroxyl groups excluding tert-OH is 1. The molecule has 0 saturated carbocycles. The van der Waals surface area contributed by atoms with Crippen LogP contribution in [0.3, 0.4) is 0 Å². The lowest BCUT2D eigenvalue weighted by atomic mass is 10.4. The molecule has 0 rings (SSSR count). The minimum atomic E-state index is 0.140. The van der Waals surface area contributed by atoms with E-state index >= 15 is 0 Å². The number of hydrogen-bond acceptors (Lipinski definition) is 2. The number of thiocarbonyl (C=S) groups is 1. The highest BCUT2D eigenvalue weighted by Gasteiger charge is 2.01. The summed E-state index contributed by atoms with van der Waals surface area (Å²) in [6.45, 7) is 3.68. The zero-order valence-electron chi connectivity index (χ0n) is 6.08. The lowest BCUT2D eigenvalue weighted by Gasteiger charge is -2.20. The second kappa shape index (κ2) is 5.95. The summed E-state index contributed by atoms with van der Waals surface area (Å²) in [6.07, 6.45) is 1.03. The number of rotatable bonds is 4. The Morgan fingerprint density at radius 1 is 1.60 bits per heavy atom. The SMILES string of the molecule is CCCN(CCO)C(=S)S. The average Bonchev–Trinajstić information content (AvgIpc) is 1.87. The van der Waals surface area contributed by atoms with E-state index < -0.39 is 0 Å². The summed E-state index contributed by atoms with van der Waals surface area (Å²) in [6, 6.07) is 0. The first-order valence-corrected chi connectivity index (χ1v) is 4.16. The monoisotopic (exact) mass is 179 g/mol. The summed E-state index contributed by atoms with van der Waals surface area (Å²) in [4.78, 5) is 1.87. The van der Waals surface area contributed by atoms with Gasteiger partial charge in [0, 0.05) is 13.1 Å². The van der Waals surface area contributed by atoms with Crippen molar-refractivity contribution in [1.29, 1.82) is 0 Å². The van der Waals surface area contributed by atoms with Gasteiger partial charge >= 0.3 is 0 Å². The molecule has 60 valence electrons. The van der Waals surface area contributed by atoms with Gasteiger partial charge in [0.1, 0.15) is 4.32 Å². The maximum atomic E-state index is 8.58. The van der Waals surface area contributed by atoms with Gasteiger partial charge in [-0.1, -0.05) is 19.1 Å². The molecule has 0 aliphatic carbocycles. The van der Waals surface area contributed by atoms with Crippen LogP contribution in [0.4, 0.5) is 0 Å². The van der Waals surface area contributed by atoms with E-state index in [0.717, 1.165) is 13.0 Å². The van der Waals surface area contributed by atoms with Gasteiger partial charge in [-0.3, -0.25) is 0 Å². The van der Waals surface area contributed by atoms with E-state index in [9.17, 15) is 0 Å². The lowest BCUT2D eigenvalue weighted by Crippen LogP contribution is -2.29. The van der Waals surface area contributed by atoms with Crippen molar-refractivity contribution in [3.8, 4) is 0 Å². The zero-order valence-corrected chi connectivity index (χ0v) is 7.79. The predicted molar refractivity (Wildman–Crippen MR) is 50.5 cm³/mol. The molecule has 0 aliphatic heterocycles. The highest BCUT2D eigenvalue weighted by Crippen LogP contribution is 1.96. The Morgan fingerprint density at radius 3 is 2.50 bits per heavy atom. The van der Waals surface area contributed by atoms with Crippen LogP contribution in [0.5, 0.6) is 0 Å². The van der Waals surface area contributed by atoms with Crippen molar-refractivity contribution in [2.24, 2.45) is 0 Å². The molecule has 0 fully saturated rings. The highest BCUT2D eigenvalue weighted by atomic mass is 32.1. The molecule has 1 N–H and O–H groups in total. The summed E-state index contributed by atoms with van der Waals surface area (Å²) in [5.41, 5.74) is 0. The van der Waals surface area contributed by atoms with Gasteiger partial charge in [0.15, 0.2) is 0 Å². The molecule has 0 unspecified atom stereocenters. The van der Waals surface area contributed by atoms with E-state index in [1.54, 1.807) is 0 Å². The maximum Gasteiger partial charge on any atom is 0.133 e. The molecule has 0 atom stereocenters. The first kappa shape index (κ1) is 10.2. The molecular weight excluding hydrogens is 166 g/mol. The van der Waals surface area contributed by atoms with Crippen LogP contribution in [0.2, 0.25) is 0 Å². The van der Waals surface area contributed by atoms with Crippen molar-refractivity contribution in [3.63, 3.8) is 0 Å². The van der Waals surface area contributed by atoms with Crippen LogP contribution in [-0.2, 0) is 0 Å². The Bertz CT molecular complexity index is 102. The van der Waals surface area contributed by atoms with Gasteiger partial charge in [-0.15, -0.1) is 12.6 Å². The first-order valence-electron chi connectivity index (χ1n) is 3.31. The number of aliphatic hydroxyl groups is 1. The van der Waals surface area contributed by atoms with E-state index in [2.05, 4.69) is 19.6 Å². The van der Waals surface area contributed by atoms with E-state index in [-0.39, 0.29) is 6.61 Å². The topological polar surface area (TPSA) is 23.5 Å². The molecule has 10 heavy (non-hydrogen) atoms.